The summed E-state index contributed by atoms with van der Waals surface area (Å²) in [7, 11) is 0. The molecule has 0 bridgehead atoms. The van der Waals surface area contributed by atoms with Gasteiger partial charge in [0.15, 0.2) is 5.69 Å². The predicted molar refractivity (Wildman–Crippen MR) is 121 cm³/mol. The number of amides is 2. The van der Waals surface area contributed by atoms with E-state index in [0.29, 0.717) is 30.3 Å². The molecular weight excluding hydrogens is 392 g/mol. The molecule has 31 heavy (non-hydrogen) atoms. The van der Waals surface area contributed by atoms with Gasteiger partial charge in [-0.05, 0) is 24.5 Å². The summed E-state index contributed by atoms with van der Waals surface area (Å²) in [6.07, 6.45) is 1.53. The minimum atomic E-state index is -0.355. The maximum absolute atomic E-state index is 13.4. The number of hydrogen-bond acceptors (Lipinski definition) is 4. The van der Waals surface area contributed by atoms with E-state index in [0.717, 1.165) is 12.0 Å². The average Bonchev–Trinajstić information content (AvgIpc) is 2.79. The lowest BCUT2D eigenvalue weighted by Crippen LogP contribution is -2.42. The van der Waals surface area contributed by atoms with Crippen LogP contribution in [0.25, 0.3) is 10.8 Å². The van der Waals surface area contributed by atoms with Gasteiger partial charge in [0, 0.05) is 18.5 Å². The lowest BCUT2D eigenvalue weighted by atomic mass is 10.1. The fourth-order valence-electron chi connectivity index (χ4n) is 3.42. The Morgan fingerprint density at radius 1 is 0.968 bits per heavy atom. The van der Waals surface area contributed by atoms with E-state index in [1.54, 1.807) is 24.3 Å². The van der Waals surface area contributed by atoms with Gasteiger partial charge >= 0.3 is 0 Å². The van der Waals surface area contributed by atoms with Crippen LogP contribution in [0.5, 0.6) is 0 Å². The van der Waals surface area contributed by atoms with E-state index in [1.807, 2.05) is 44.2 Å². The minimum Gasteiger partial charge on any atom is -0.355 e. The van der Waals surface area contributed by atoms with Crippen LogP contribution in [-0.4, -0.2) is 46.1 Å². The normalized spacial score (nSPS) is 10.8. The molecule has 0 saturated heterocycles. The van der Waals surface area contributed by atoms with E-state index in [1.165, 1.54) is 9.58 Å². The highest BCUT2D eigenvalue weighted by Crippen LogP contribution is 2.16. The third-order valence-electron chi connectivity index (χ3n) is 4.93. The predicted octanol–water partition coefficient (Wildman–Crippen LogP) is 2.82. The van der Waals surface area contributed by atoms with Crippen LogP contribution in [-0.2, 0) is 11.3 Å². The van der Waals surface area contributed by atoms with Crippen LogP contribution >= 0.6 is 0 Å². The summed E-state index contributed by atoms with van der Waals surface area (Å²) >= 11 is 0. The fraction of sp³-hybridized carbons (Fsp3) is 0.333. The molecule has 0 atom stereocenters. The molecule has 2 amide bonds. The third-order valence-corrected chi connectivity index (χ3v) is 4.93. The van der Waals surface area contributed by atoms with Gasteiger partial charge in [-0.25, -0.2) is 4.68 Å². The first kappa shape index (κ1) is 22.2. The molecule has 2 aromatic carbocycles. The largest absolute Gasteiger partial charge is 0.355 e. The van der Waals surface area contributed by atoms with Crippen LogP contribution in [0.4, 0.5) is 0 Å². The molecule has 7 nitrogen and oxygen atoms in total. The van der Waals surface area contributed by atoms with Crippen molar-refractivity contribution in [3.63, 3.8) is 0 Å². The van der Waals surface area contributed by atoms with E-state index in [2.05, 4.69) is 10.4 Å². The second-order valence-corrected chi connectivity index (χ2v) is 7.42. The first-order chi connectivity index (χ1) is 15.0. The summed E-state index contributed by atoms with van der Waals surface area (Å²) in [4.78, 5) is 40.2. The molecule has 0 radical (unpaired) electrons. The van der Waals surface area contributed by atoms with Gasteiger partial charge in [-0.1, -0.05) is 62.4 Å². The molecular formula is C24H28N4O3. The highest BCUT2D eigenvalue weighted by Gasteiger charge is 2.23. The van der Waals surface area contributed by atoms with Gasteiger partial charge in [0.1, 0.15) is 0 Å². The van der Waals surface area contributed by atoms with Crippen LogP contribution in [0, 0.1) is 0 Å². The molecule has 162 valence electrons. The van der Waals surface area contributed by atoms with E-state index in [-0.39, 0.29) is 36.2 Å². The maximum atomic E-state index is 13.4. The summed E-state index contributed by atoms with van der Waals surface area (Å²) in [5, 5.41) is 8.19. The zero-order valence-corrected chi connectivity index (χ0v) is 18.0. The monoisotopic (exact) mass is 420 g/mol. The molecule has 0 aliphatic rings. The van der Waals surface area contributed by atoms with Crippen molar-refractivity contribution in [2.75, 3.05) is 19.6 Å². The second-order valence-electron chi connectivity index (χ2n) is 7.42. The summed E-state index contributed by atoms with van der Waals surface area (Å²) < 4.78 is 1.33. The van der Waals surface area contributed by atoms with Crippen molar-refractivity contribution in [3.8, 4) is 0 Å². The third kappa shape index (κ3) is 5.36. The summed E-state index contributed by atoms with van der Waals surface area (Å²) in [5.41, 5.74) is 0.844. The van der Waals surface area contributed by atoms with Crippen LogP contribution in [0.3, 0.4) is 0 Å². The average molecular weight is 421 g/mol. The van der Waals surface area contributed by atoms with Crippen molar-refractivity contribution in [1.29, 1.82) is 0 Å². The maximum Gasteiger partial charge on any atom is 0.275 e. The van der Waals surface area contributed by atoms with Crippen molar-refractivity contribution in [1.82, 2.24) is 20.0 Å². The van der Waals surface area contributed by atoms with Crippen molar-refractivity contribution in [3.05, 3.63) is 76.2 Å². The zero-order valence-electron chi connectivity index (χ0n) is 18.0. The Kier molecular flexibility index (Phi) is 7.54. The number of aromatic nitrogens is 2. The van der Waals surface area contributed by atoms with Gasteiger partial charge < -0.3 is 10.2 Å². The second kappa shape index (κ2) is 10.5. The summed E-state index contributed by atoms with van der Waals surface area (Å²) in [6, 6.07) is 16.5. The Morgan fingerprint density at radius 3 is 2.32 bits per heavy atom. The van der Waals surface area contributed by atoms with Gasteiger partial charge in [-0.3, -0.25) is 14.4 Å². The smallest absolute Gasteiger partial charge is 0.275 e. The molecule has 1 heterocycles. The number of benzene rings is 2. The first-order valence-corrected chi connectivity index (χ1v) is 10.6. The SMILES string of the molecule is CCCNC(=O)CN(CCC)C(=O)c1nn(Cc2ccccc2)c(=O)c2ccccc12. The molecule has 0 fully saturated rings. The Balaban J connectivity index is 2.02. The van der Waals surface area contributed by atoms with Gasteiger partial charge in [-0.2, -0.15) is 5.10 Å². The van der Waals surface area contributed by atoms with Crippen molar-refractivity contribution < 1.29 is 9.59 Å². The molecule has 0 aliphatic carbocycles. The van der Waals surface area contributed by atoms with E-state index < -0.39 is 0 Å². The molecule has 0 spiro atoms. The Hall–Kier alpha value is -3.48. The van der Waals surface area contributed by atoms with E-state index in [9.17, 15) is 14.4 Å². The molecule has 7 heteroatoms. The van der Waals surface area contributed by atoms with Crippen LogP contribution in [0.15, 0.2) is 59.4 Å². The minimum absolute atomic E-state index is 0.0412. The van der Waals surface area contributed by atoms with Gasteiger partial charge in [0.25, 0.3) is 11.5 Å². The molecule has 3 aromatic rings. The highest BCUT2D eigenvalue weighted by molar-refractivity contribution is 6.05. The lowest BCUT2D eigenvalue weighted by Gasteiger charge is -2.22. The number of hydrogen-bond donors (Lipinski definition) is 1. The molecule has 0 aliphatic heterocycles. The Morgan fingerprint density at radius 2 is 1.65 bits per heavy atom. The quantitative estimate of drug-likeness (QED) is 0.577. The molecule has 0 saturated carbocycles. The van der Waals surface area contributed by atoms with E-state index >= 15 is 0 Å². The molecule has 1 aromatic heterocycles. The Labute approximate surface area is 181 Å². The lowest BCUT2D eigenvalue weighted by molar-refractivity contribution is -0.121. The number of fused-ring (bicyclic) bond motifs is 1. The summed E-state index contributed by atoms with van der Waals surface area (Å²) in [5.74, 6) is -0.558. The van der Waals surface area contributed by atoms with Crippen molar-refractivity contribution in [2.45, 2.75) is 33.2 Å². The topological polar surface area (TPSA) is 84.3 Å². The van der Waals surface area contributed by atoms with Crippen molar-refractivity contribution in [2.24, 2.45) is 0 Å². The van der Waals surface area contributed by atoms with Crippen LogP contribution in [0.2, 0.25) is 0 Å². The van der Waals surface area contributed by atoms with Crippen molar-refractivity contribution >= 4 is 22.6 Å². The number of rotatable bonds is 9. The van der Waals surface area contributed by atoms with Gasteiger partial charge in [0.2, 0.25) is 5.91 Å². The van der Waals surface area contributed by atoms with Gasteiger partial charge in [0.05, 0.1) is 18.5 Å². The standard InChI is InChI=1S/C24H28N4O3/c1-3-14-25-21(29)17-27(15-4-2)24(31)22-19-12-8-9-13-20(19)23(30)28(26-22)16-18-10-6-5-7-11-18/h5-13H,3-4,14-17H2,1-2H3,(H,25,29). The number of nitrogens with zero attached hydrogens (tertiary/aromatic N) is 3. The molecule has 1 N–H and O–H groups in total. The fourth-order valence-corrected chi connectivity index (χ4v) is 3.42. The molecule has 3 rings (SSSR count). The Bertz CT molecular complexity index is 1110. The first-order valence-electron chi connectivity index (χ1n) is 10.6. The summed E-state index contributed by atoms with van der Waals surface area (Å²) in [6.45, 7) is 5.13. The number of carbonyl (C=O) groups excluding carboxylic acids is 2. The number of nitrogens with one attached hydrogen (secondary N) is 1. The van der Waals surface area contributed by atoms with E-state index in [4.69, 9.17) is 0 Å². The van der Waals surface area contributed by atoms with Crippen LogP contribution in [0.1, 0.15) is 42.7 Å². The highest BCUT2D eigenvalue weighted by atomic mass is 16.2. The molecule has 0 unspecified atom stereocenters. The zero-order chi connectivity index (χ0) is 22.2. The van der Waals surface area contributed by atoms with Crippen LogP contribution < -0.4 is 10.9 Å². The van der Waals surface area contributed by atoms with Gasteiger partial charge in [-0.15, -0.1) is 0 Å². The number of carbonyl (C=O) groups is 2.